The highest BCUT2D eigenvalue weighted by molar-refractivity contribution is 6.08. The number of nitrogens with zero attached hydrogens (tertiary/aromatic N) is 2. The van der Waals surface area contributed by atoms with Gasteiger partial charge in [-0.15, -0.1) is 0 Å². The number of pyridine rings is 1. The van der Waals surface area contributed by atoms with Crippen LogP contribution in [0, 0.1) is 0 Å². The molecule has 0 radical (unpaired) electrons. The molecule has 0 aliphatic rings. The van der Waals surface area contributed by atoms with Crippen LogP contribution in [0.5, 0.6) is 0 Å². The fraction of sp³-hybridized carbons (Fsp3) is 0.214. The Kier molecular flexibility index (Phi) is 3.20. The number of fused-ring (bicyclic) bond motifs is 3. The second kappa shape index (κ2) is 5.16. The molecule has 0 saturated heterocycles. The van der Waals surface area contributed by atoms with Crippen LogP contribution in [0.1, 0.15) is 13.3 Å². The molecule has 3 rings (SSSR count). The summed E-state index contributed by atoms with van der Waals surface area (Å²) in [4.78, 5) is 23.4. The Labute approximate surface area is 115 Å². The van der Waals surface area contributed by atoms with Crippen LogP contribution in [0.2, 0.25) is 0 Å². The largest absolute Gasteiger partial charge is 0.449 e. The van der Waals surface area contributed by atoms with Crippen LogP contribution >= 0.6 is 0 Å². The molecule has 1 amide bonds. The van der Waals surface area contributed by atoms with Gasteiger partial charge in [0.15, 0.2) is 5.82 Å². The van der Waals surface area contributed by atoms with Crippen molar-refractivity contribution in [3.8, 4) is 0 Å². The summed E-state index contributed by atoms with van der Waals surface area (Å²) in [6, 6.07) is 7.66. The van der Waals surface area contributed by atoms with Gasteiger partial charge in [-0.25, -0.2) is 14.8 Å². The minimum absolute atomic E-state index is 0.380. The third-order valence-electron chi connectivity index (χ3n) is 2.93. The summed E-state index contributed by atoms with van der Waals surface area (Å²) >= 11 is 0. The molecule has 0 atom stereocenters. The predicted molar refractivity (Wildman–Crippen MR) is 76.7 cm³/mol. The number of carbonyl (C=O) groups is 1. The maximum absolute atomic E-state index is 11.7. The third-order valence-corrected chi connectivity index (χ3v) is 2.93. The Morgan fingerprint density at radius 1 is 1.40 bits per heavy atom. The van der Waals surface area contributed by atoms with Gasteiger partial charge in [0.05, 0.1) is 18.5 Å². The maximum Gasteiger partial charge on any atom is 0.412 e. The highest BCUT2D eigenvalue weighted by Crippen LogP contribution is 2.26. The van der Waals surface area contributed by atoms with Crippen molar-refractivity contribution in [2.24, 2.45) is 0 Å². The number of hydrogen-bond acceptors (Lipinski definition) is 4. The number of aromatic amines is 1. The minimum atomic E-state index is -0.509. The van der Waals surface area contributed by atoms with Crippen molar-refractivity contribution in [2.75, 3.05) is 11.9 Å². The van der Waals surface area contributed by atoms with Crippen LogP contribution in [0.15, 0.2) is 30.6 Å². The van der Waals surface area contributed by atoms with Gasteiger partial charge in [0.1, 0.15) is 11.0 Å². The van der Waals surface area contributed by atoms with Crippen molar-refractivity contribution < 1.29 is 9.53 Å². The van der Waals surface area contributed by atoms with Gasteiger partial charge in [0, 0.05) is 5.39 Å². The number of aromatic nitrogens is 3. The lowest BCUT2D eigenvalue weighted by Crippen LogP contribution is -2.15. The van der Waals surface area contributed by atoms with Crippen molar-refractivity contribution in [1.29, 1.82) is 0 Å². The molecule has 2 aromatic heterocycles. The first-order valence-corrected chi connectivity index (χ1v) is 6.45. The highest BCUT2D eigenvalue weighted by Gasteiger charge is 2.13. The van der Waals surface area contributed by atoms with E-state index in [2.05, 4.69) is 20.3 Å². The van der Waals surface area contributed by atoms with Gasteiger partial charge in [0.2, 0.25) is 0 Å². The summed E-state index contributed by atoms with van der Waals surface area (Å²) < 4.78 is 5.01. The molecule has 2 heterocycles. The quantitative estimate of drug-likeness (QED) is 0.766. The number of rotatable bonds is 3. The van der Waals surface area contributed by atoms with Crippen LogP contribution < -0.4 is 5.32 Å². The van der Waals surface area contributed by atoms with E-state index in [1.807, 2.05) is 31.2 Å². The van der Waals surface area contributed by atoms with Crippen molar-refractivity contribution in [1.82, 2.24) is 15.0 Å². The zero-order valence-electron chi connectivity index (χ0n) is 11.0. The number of amides is 1. The topological polar surface area (TPSA) is 79.9 Å². The summed E-state index contributed by atoms with van der Waals surface area (Å²) in [7, 11) is 0. The van der Waals surface area contributed by atoms with Gasteiger partial charge in [-0.2, -0.15) is 0 Å². The van der Waals surface area contributed by atoms with Gasteiger partial charge >= 0.3 is 6.09 Å². The Hall–Kier alpha value is -2.63. The zero-order chi connectivity index (χ0) is 13.9. The molecule has 0 unspecified atom stereocenters. The molecule has 0 bridgehead atoms. The number of benzene rings is 1. The van der Waals surface area contributed by atoms with Crippen molar-refractivity contribution in [3.05, 3.63) is 30.6 Å². The Balaban J connectivity index is 2.04. The van der Waals surface area contributed by atoms with E-state index < -0.39 is 6.09 Å². The Bertz CT molecular complexity index is 766. The third kappa shape index (κ3) is 2.16. The van der Waals surface area contributed by atoms with Crippen molar-refractivity contribution in [2.45, 2.75) is 13.3 Å². The maximum atomic E-state index is 11.7. The predicted octanol–water partition coefficient (Wildman–Crippen LogP) is 3.07. The summed E-state index contributed by atoms with van der Waals surface area (Å²) in [5.74, 6) is 0.428. The molecule has 0 saturated carbocycles. The smallest absolute Gasteiger partial charge is 0.412 e. The normalized spacial score (nSPS) is 10.8. The van der Waals surface area contributed by atoms with Gasteiger partial charge in [-0.05, 0) is 12.5 Å². The fourth-order valence-corrected chi connectivity index (χ4v) is 2.04. The molecule has 0 fully saturated rings. The van der Waals surface area contributed by atoms with E-state index in [9.17, 15) is 4.79 Å². The molecule has 0 aliphatic heterocycles. The number of carbonyl (C=O) groups excluding carboxylic acids is 1. The average Bonchev–Trinajstić information content (AvgIpc) is 2.95. The van der Waals surface area contributed by atoms with E-state index in [1.165, 1.54) is 0 Å². The Morgan fingerprint density at radius 2 is 2.25 bits per heavy atom. The molecule has 6 heteroatoms. The molecule has 102 valence electrons. The minimum Gasteiger partial charge on any atom is -0.449 e. The molecule has 6 nitrogen and oxygen atoms in total. The highest BCUT2D eigenvalue weighted by atomic mass is 16.5. The van der Waals surface area contributed by atoms with Crippen molar-refractivity contribution >= 4 is 33.8 Å². The molecular formula is C14H14N4O2. The summed E-state index contributed by atoms with van der Waals surface area (Å²) in [6.45, 7) is 2.32. The van der Waals surface area contributed by atoms with E-state index in [-0.39, 0.29) is 0 Å². The van der Waals surface area contributed by atoms with Crippen LogP contribution in [-0.4, -0.2) is 27.7 Å². The average molecular weight is 270 g/mol. The standard InChI is InChI=1S/C14H14N4O2/c1-2-7-20-14(19)18-13-12-11(15-8-16-12)9-5-3-4-6-10(9)17-13/h3-6,8H,2,7H2,1H3,(H,15,16)(H,17,18,19). The number of anilines is 1. The number of nitrogens with one attached hydrogen (secondary N) is 2. The monoisotopic (exact) mass is 270 g/mol. The molecule has 1 aromatic carbocycles. The SMILES string of the molecule is CCCOC(=O)Nc1nc2ccccc2c2nc[nH]c12. The van der Waals surface area contributed by atoms with E-state index >= 15 is 0 Å². The molecule has 0 aliphatic carbocycles. The van der Waals surface area contributed by atoms with Crippen molar-refractivity contribution in [3.63, 3.8) is 0 Å². The first-order valence-electron chi connectivity index (χ1n) is 6.45. The summed E-state index contributed by atoms with van der Waals surface area (Å²) in [6.07, 6.45) is 1.85. The lowest BCUT2D eigenvalue weighted by molar-refractivity contribution is 0.161. The lowest BCUT2D eigenvalue weighted by atomic mass is 10.2. The molecule has 20 heavy (non-hydrogen) atoms. The van der Waals surface area contributed by atoms with E-state index in [1.54, 1.807) is 6.33 Å². The van der Waals surface area contributed by atoms with E-state index in [0.717, 1.165) is 22.8 Å². The second-order valence-electron chi connectivity index (χ2n) is 4.36. The number of H-pyrrole nitrogens is 1. The van der Waals surface area contributed by atoms with Crippen LogP contribution in [0.4, 0.5) is 10.6 Å². The molecular weight excluding hydrogens is 256 g/mol. The van der Waals surface area contributed by atoms with Gasteiger partial charge < -0.3 is 9.72 Å². The fourth-order valence-electron chi connectivity index (χ4n) is 2.04. The number of imidazole rings is 1. The van der Waals surface area contributed by atoms with E-state index in [0.29, 0.717) is 17.9 Å². The molecule has 0 spiro atoms. The summed E-state index contributed by atoms with van der Waals surface area (Å²) in [5.41, 5.74) is 2.25. The number of para-hydroxylation sites is 1. The zero-order valence-corrected chi connectivity index (χ0v) is 11.0. The second-order valence-corrected chi connectivity index (χ2v) is 4.36. The number of ether oxygens (including phenoxy) is 1. The molecule has 2 N–H and O–H groups in total. The first-order chi connectivity index (χ1) is 9.79. The van der Waals surface area contributed by atoms with Crippen LogP contribution in [0.3, 0.4) is 0 Å². The van der Waals surface area contributed by atoms with Gasteiger partial charge in [0.25, 0.3) is 0 Å². The van der Waals surface area contributed by atoms with Crippen LogP contribution in [-0.2, 0) is 4.74 Å². The molecule has 3 aromatic rings. The lowest BCUT2D eigenvalue weighted by Gasteiger charge is -2.07. The Morgan fingerprint density at radius 3 is 3.10 bits per heavy atom. The number of hydrogen-bond donors (Lipinski definition) is 2. The van der Waals surface area contributed by atoms with Gasteiger partial charge in [-0.3, -0.25) is 5.32 Å². The first kappa shape index (κ1) is 12.4. The van der Waals surface area contributed by atoms with E-state index in [4.69, 9.17) is 4.74 Å². The van der Waals surface area contributed by atoms with Gasteiger partial charge in [-0.1, -0.05) is 25.1 Å². The van der Waals surface area contributed by atoms with Crippen LogP contribution in [0.25, 0.3) is 21.9 Å². The summed E-state index contributed by atoms with van der Waals surface area (Å²) in [5, 5.41) is 3.60.